The average molecular weight is 433 g/mol. The van der Waals surface area contributed by atoms with Gasteiger partial charge in [-0.15, -0.1) is 0 Å². The van der Waals surface area contributed by atoms with E-state index in [9.17, 15) is 18.3 Å². The Balaban J connectivity index is 1.50. The first kappa shape index (κ1) is 22.1. The highest BCUT2D eigenvalue weighted by atomic mass is 32.2. The highest BCUT2D eigenvalue weighted by Crippen LogP contribution is 2.16. The van der Waals surface area contributed by atoms with Gasteiger partial charge in [0.1, 0.15) is 5.75 Å². The number of nitrogens with zero attached hydrogens (tertiary/aromatic N) is 1. The number of piperidine rings is 1. The number of likely N-dealkylation sites (tertiary alicyclic amines) is 1. The Bertz CT molecular complexity index is 934. The Morgan fingerprint density at radius 2 is 1.67 bits per heavy atom. The molecule has 0 spiro atoms. The molecule has 1 amide bonds. The molecule has 0 unspecified atom stereocenters. The van der Waals surface area contributed by atoms with Gasteiger partial charge in [0.2, 0.25) is 15.9 Å². The van der Waals surface area contributed by atoms with Gasteiger partial charge >= 0.3 is 0 Å². The van der Waals surface area contributed by atoms with E-state index in [0.717, 1.165) is 16.9 Å². The molecule has 0 radical (unpaired) electrons. The molecule has 3 rings (SSSR count). The van der Waals surface area contributed by atoms with E-state index in [1.807, 2.05) is 12.1 Å². The molecule has 1 heterocycles. The smallest absolute Gasteiger partial charge is 0.233 e. The van der Waals surface area contributed by atoms with Gasteiger partial charge in [-0.25, -0.2) is 8.42 Å². The molecule has 2 aromatic rings. The summed E-state index contributed by atoms with van der Waals surface area (Å²) in [6, 6.07) is 14.2. The molecule has 1 aliphatic rings. The highest BCUT2D eigenvalue weighted by Gasteiger charge is 2.21. The minimum atomic E-state index is -3.49. The van der Waals surface area contributed by atoms with Crippen LogP contribution in [0.5, 0.6) is 5.75 Å². The fourth-order valence-electron chi connectivity index (χ4n) is 3.37. The molecule has 0 aliphatic carbocycles. The number of benzene rings is 2. The van der Waals surface area contributed by atoms with Crippen molar-refractivity contribution in [2.45, 2.75) is 31.8 Å². The Labute approximate surface area is 177 Å². The third kappa shape index (κ3) is 6.47. The molecule has 162 valence electrons. The second-order valence-corrected chi connectivity index (χ2v) is 9.35. The van der Waals surface area contributed by atoms with Crippen molar-refractivity contribution in [2.24, 2.45) is 0 Å². The molecule has 8 heteroatoms. The van der Waals surface area contributed by atoms with Crippen molar-refractivity contribution in [3.05, 3.63) is 59.7 Å². The molecular formula is C22H28N2O5S. The summed E-state index contributed by atoms with van der Waals surface area (Å²) in [7, 11) is -1.90. The standard InChI is InChI=1S/C22H28N2O5S/c1-29-21-8-4-17(5-9-21)12-15-30(27,28)23-19-6-2-18(3-7-19)16-22(26)24-13-10-20(25)11-14-24/h2-9,20,23,25H,10-16H2,1H3. The zero-order valence-electron chi connectivity index (χ0n) is 17.1. The van der Waals surface area contributed by atoms with Crippen LogP contribution in [0, 0.1) is 0 Å². The molecule has 0 bridgehead atoms. The van der Waals surface area contributed by atoms with Crippen LogP contribution in [0.25, 0.3) is 0 Å². The Morgan fingerprint density at radius 3 is 2.27 bits per heavy atom. The lowest BCUT2D eigenvalue weighted by atomic mass is 10.1. The topological polar surface area (TPSA) is 95.9 Å². The van der Waals surface area contributed by atoms with Crippen molar-refractivity contribution in [3.8, 4) is 5.75 Å². The first-order valence-corrected chi connectivity index (χ1v) is 11.7. The van der Waals surface area contributed by atoms with Crippen molar-refractivity contribution >= 4 is 21.6 Å². The summed E-state index contributed by atoms with van der Waals surface area (Å²) < 4.78 is 32.4. The maximum Gasteiger partial charge on any atom is 0.233 e. The Hall–Kier alpha value is -2.58. The summed E-state index contributed by atoms with van der Waals surface area (Å²) in [4.78, 5) is 14.1. The fraction of sp³-hybridized carbons (Fsp3) is 0.409. The van der Waals surface area contributed by atoms with Gasteiger partial charge < -0.3 is 14.7 Å². The maximum absolute atomic E-state index is 12.4. The maximum atomic E-state index is 12.4. The minimum absolute atomic E-state index is 0.0229. The minimum Gasteiger partial charge on any atom is -0.497 e. The van der Waals surface area contributed by atoms with Crippen LogP contribution in [0.2, 0.25) is 0 Å². The van der Waals surface area contributed by atoms with Crippen LogP contribution in [-0.2, 0) is 27.7 Å². The van der Waals surface area contributed by atoms with Crippen LogP contribution in [0.15, 0.2) is 48.5 Å². The number of methoxy groups -OCH3 is 1. The zero-order valence-corrected chi connectivity index (χ0v) is 17.9. The van der Waals surface area contributed by atoms with Crippen molar-refractivity contribution < 1.29 is 23.1 Å². The second-order valence-electron chi connectivity index (χ2n) is 7.50. The molecular weight excluding hydrogens is 404 g/mol. The van der Waals surface area contributed by atoms with E-state index in [1.165, 1.54) is 0 Å². The average Bonchev–Trinajstić information content (AvgIpc) is 2.74. The van der Waals surface area contributed by atoms with Gasteiger partial charge in [0, 0.05) is 18.8 Å². The number of anilines is 1. The second kappa shape index (κ2) is 9.95. The number of hydrogen-bond donors (Lipinski definition) is 2. The summed E-state index contributed by atoms with van der Waals surface area (Å²) in [5, 5.41) is 9.55. The summed E-state index contributed by atoms with van der Waals surface area (Å²) >= 11 is 0. The molecule has 1 fully saturated rings. The highest BCUT2D eigenvalue weighted by molar-refractivity contribution is 7.92. The first-order chi connectivity index (χ1) is 14.3. The van der Waals surface area contributed by atoms with Crippen LogP contribution in [-0.4, -0.2) is 56.4 Å². The number of nitrogens with one attached hydrogen (secondary N) is 1. The molecule has 7 nitrogen and oxygen atoms in total. The van der Waals surface area contributed by atoms with Gasteiger partial charge in [0.05, 0.1) is 25.4 Å². The van der Waals surface area contributed by atoms with E-state index in [0.29, 0.717) is 38.0 Å². The number of carbonyl (C=O) groups excluding carboxylic acids is 1. The van der Waals surface area contributed by atoms with Crippen molar-refractivity contribution in [1.82, 2.24) is 4.90 Å². The van der Waals surface area contributed by atoms with Gasteiger partial charge in [-0.05, 0) is 54.7 Å². The Morgan fingerprint density at radius 1 is 1.07 bits per heavy atom. The molecule has 0 saturated carbocycles. The summed E-state index contributed by atoms with van der Waals surface area (Å²) in [6.07, 6.45) is 1.58. The van der Waals surface area contributed by atoms with Crippen molar-refractivity contribution in [2.75, 3.05) is 30.7 Å². The molecule has 30 heavy (non-hydrogen) atoms. The molecule has 1 aliphatic heterocycles. The monoisotopic (exact) mass is 432 g/mol. The number of aryl methyl sites for hydroxylation is 1. The quantitative estimate of drug-likeness (QED) is 0.667. The lowest BCUT2D eigenvalue weighted by Crippen LogP contribution is -2.40. The number of carbonyl (C=O) groups is 1. The van der Waals surface area contributed by atoms with Gasteiger partial charge in [0.25, 0.3) is 0 Å². The molecule has 1 saturated heterocycles. The van der Waals surface area contributed by atoms with Crippen LogP contribution in [0.3, 0.4) is 0 Å². The van der Waals surface area contributed by atoms with Crippen LogP contribution in [0.4, 0.5) is 5.69 Å². The van der Waals surface area contributed by atoms with Crippen molar-refractivity contribution in [3.63, 3.8) is 0 Å². The van der Waals surface area contributed by atoms with Crippen LogP contribution in [0.1, 0.15) is 24.0 Å². The third-order valence-electron chi connectivity index (χ3n) is 5.22. The van der Waals surface area contributed by atoms with E-state index >= 15 is 0 Å². The molecule has 2 aromatic carbocycles. The summed E-state index contributed by atoms with van der Waals surface area (Å²) in [5.74, 6) is 0.728. The molecule has 0 aromatic heterocycles. The SMILES string of the molecule is COc1ccc(CCS(=O)(=O)Nc2ccc(CC(=O)N3CCC(O)CC3)cc2)cc1. The van der Waals surface area contributed by atoms with Gasteiger partial charge in [0.15, 0.2) is 0 Å². The largest absolute Gasteiger partial charge is 0.497 e. The molecule has 0 atom stereocenters. The first-order valence-electron chi connectivity index (χ1n) is 10.0. The van der Waals surface area contributed by atoms with E-state index < -0.39 is 10.0 Å². The fourth-order valence-corrected chi connectivity index (χ4v) is 4.47. The number of hydrogen-bond acceptors (Lipinski definition) is 5. The number of rotatable bonds is 8. The number of aliphatic hydroxyl groups is 1. The number of ether oxygens (including phenoxy) is 1. The van der Waals surface area contributed by atoms with E-state index in [-0.39, 0.29) is 24.2 Å². The number of amides is 1. The third-order valence-corrected chi connectivity index (χ3v) is 6.51. The van der Waals surface area contributed by atoms with Gasteiger partial charge in [-0.2, -0.15) is 0 Å². The van der Waals surface area contributed by atoms with Crippen LogP contribution < -0.4 is 9.46 Å². The predicted molar refractivity (Wildman–Crippen MR) is 116 cm³/mol. The summed E-state index contributed by atoms with van der Waals surface area (Å²) in [6.45, 7) is 1.15. The van der Waals surface area contributed by atoms with E-state index in [1.54, 1.807) is 48.4 Å². The van der Waals surface area contributed by atoms with E-state index in [4.69, 9.17) is 4.74 Å². The summed E-state index contributed by atoms with van der Waals surface area (Å²) in [5.41, 5.74) is 2.22. The normalized spacial score (nSPS) is 15.1. The Kier molecular flexibility index (Phi) is 7.33. The molecule has 2 N–H and O–H groups in total. The van der Waals surface area contributed by atoms with E-state index in [2.05, 4.69) is 4.72 Å². The van der Waals surface area contributed by atoms with Gasteiger partial charge in [-0.1, -0.05) is 24.3 Å². The predicted octanol–water partition coefficient (Wildman–Crippen LogP) is 2.21. The van der Waals surface area contributed by atoms with Crippen molar-refractivity contribution in [1.29, 1.82) is 0 Å². The van der Waals surface area contributed by atoms with Gasteiger partial charge in [-0.3, -0.25) is 9.52 Å². The lowest BCUT2D eigenvalue weighted by Gasteiger charge is -2.29. The zero-order chi connectivity index (χ0) is 21.6. The lowest BCUT2D eigenvalue weighted by molar-refractivity contribution is -0.132. The number of aliphatic hydroxyl groups excluding tert-OH is 1. The van der Waals surface area contributed by atoms with Crippen LogP contribution >= 0.6 is 0 Å². The number of sulfonamides is 1.